The molecule has 17 heavy (non-hydrogen) atoms. The van der Waals surface area contributed by atoms with Crippen LogP contribution in [0.5, 0.6) is 0 Å². The summed E-state index contributed by atoms with van der Waals surface area (Å²) < 4.78 is 0. The van der Waals surface area contributed by atoms with Crippen molar-refractivity contribution in [2.75, 3.05) is 11.9 Å². The highest BCUT2D eigenvalue weighted by atomic mass is 16.3. The van der Waals surface area contributed by atoms with Gasteiger partial charge in [-0.05, 0) is 12.1 Å². The van der Waals surface area contributed by atoms with Gasteiger partial charge >= 0.3 is 0 Å². The van der Waals surface area contributed by atoms with Gasteiger partial charge < -0.3 is 16.2 Å². The minimum Gasteiger partial charge on any atom is -0.381 e. The summed E-state index contributed by atoms with van der Waals surface area (Å²) in [7, 11) is 0. The van der Waals surface area contributed by atoms with Gasteiger partial charge in [0.25, 0.3) is 0 Å². The van der Waals surface area contributed by atoms with Crippen molar-refractivity contribution in [3.8, 4) is 0 Å². The fourth-order valence-electron chi connectivity index (χ4n) is 1.34. The Bertz CT molecular complexity index is 544. The van der Waals surface area contributed by atoms with E-state index in [1.165, 1.54) is 6.20 Å². The summed E-state index contributed by atoms with van der Waals surface area (Å²) in [6, 6.07) is 7.42. The third-order valence-corrected chi connectivity index (χ3v) is 2.25. The monoisotopic (exact) mass is 232 g/mol. The highest BCUT2D eigenvalue weighted by Gasteiger charge is 2.10. The Labute approximate surface area is 97.5 Å². The van der Waals surface area contributed by atoms with E-state index in [-0.39, 0.29) is 6.54 Å². The number of carbonyl (C=O) groups is 1. The maximum Gasteiger partial charge on any atom is 0.248 e. The van der Waals surface area contributed by atoms with E-state index in [1.807, 2.05) is 24.3 Å². The van der Waals surface area contributed by atoms with Gasteiger partial charge in [-0.3, -0.25) is 9.78 Å². The topological polar surface area (TPSA) is 101 Å². The van der Waals surface area contributed by atoms with Crippen molar-refractivity contribution in [1.29, 1.82) is 0 Å². The van der Waals surface area contributed by atoms with Crippen LogP contribution >= 0.6 is 0 Å². The van der Waals surface area contributed by atoms with Crippen molar-refractivity contribution in [2.45, 2.75) is 6.10 Å². The summed E-state index contributed by atoms with van der Waals surface area (Å²) in [5.74, 6) is -0.282. The third kappa shape index (κ3) is 2.67. The van der Waals surface area contributed by atoms with E-state index in [2.05, 4.69) is 15.3 Å². The van der Waals surface area contributed by atoms with Crippen molar-refractivity contribution in [3.05, 3.63) is 30.5 Å². The Balaban J connectivity index is 2.12. The number of carbonyl (C=O) groups excluding carboxylic acids is 1. The number of aromatic nitrogens is 2. The number of para-hydroxylation sites is 2. The van der Waals surface area contributed by atoms with E-state index >= 15 is 0 Å². The largest absolute Gasteiger partial charge is 0.381 e. The first kappa shape index (κ1) is 11.3. The van der Waals surface area contributed by atoms with E-state index < -0.39 is 12.0 Å². The summed E-state index contributed by atoms with van der Waals surface area (Å²) in [5.41, 5.74) is 6.45. The highest BCUT2D eigenvalue weighted by Crippen LogP contribution is 2.10. The molecule has 2 aromatic rings. The van der Waals surface area contributed by atoms with Crippen LogP contribution in [0.25, 0.3) is 11.0 Å². The van der Waals surface area contributed by atoms with E-state index in [0.29, 0.717) is 5.82 Å². The number of primary amides is 1. The fourth-order valence-corrected chi connectivity index (χ4v) is 1.34. The van der Waals surface area contributed by atoms with Crippen molar-refractivity contribution in [3.63, 3.8) is 0 Å². The molecular weight excluding hydrogens is 220 g/mol. The van der Waals surface area contributed by atoms with E-state index in [9.17, 15) is 9.90 Å². The van der Waals surface area contributed by atoms with Gasteiger partial charge in [0.05, 0.1) is 23.8 Å². The maximum absolute atomic E-state index is 10.6. The number of nitrogens with two attached hydrogens (primary N) is 1. The lowest BCUT2D eigenvalue weighted by atomic mass is 10.3. The minimum atomic E-state index is -1.23. The number of amides is 1. The molecule has 4 N–H and O–H groups in total. The molecule has 0 saturated carbocycles. The Kier molecular flexibility index (Phi) is 3.15. The molecule has 0 aliphatic rings. The summed E-state index contributed by atoms with van der Waals surface area (Å²) >= 11 is 0. The number of aliphatic hydroxyl groups is 1. The first-order valence-corrected chi connectivity index (χ1v) is 5.10. The van der Waals surface area contributed by atoms with Crippen LogP contribution in [-0.2, 0) is 4.79 Å². The molecule has 0 aliphatic heterocycles. The number of aliphatic hydroxyl groups excluding tert-OH is 1. The van der Waals surface area contributed by atoms with Gasteiger partial charge in [0.2, 0.25) is 5.91 Å². The average Bonchev–Trinajstić information content (AvgIpc) is 2.35. The van der Waals surface area contributed by atoms with E-state index in [4.69, 9.17) is 5.73 Å². The zero-order chi connectivity index (χ0) is 12.3. The molecular formula is C11H12N4O2. The van der Waals surface area contributed by atoms with Gasteiger partial charge in [0.1, 0.15) is 11.9 Å². The lowest BCUT2D eigenvalue weighted by molar-refractivity contribution is -0.125. The van der Waals surface area contributed by atoms with Crippen molar-refractivity contribution >= 4 is 22.8 Å². The first-order valence-electron chi connectivity index (χ1n) is 5.10. The number of anilines is 1. The van der Waals surface area contributed by atoms with Crippen LogP contribution in [0.3, 0.4) is 0 Å². The summed E-state index contributed by atoms with van der Waals surface area (Å²) in [5, 5.41) is 12.0. The van der Waals surface area contributed by atoms with Crippen LogP contribution in [0.2, 0.25) is 0 Å². The SMILES string of the molecule is NC(=O)C(O)CNc1cnc2ccccc2n1. The van der Waals surface area contributed by atoms with Crippen molar-refractivity contribution in [2.24, 2.45) is 5.73 Å². The standard InChI is InChI=1S/C11H12N4O2/c12-11(17)9(16)5-14-10-6-13-7-3-1-2-4-8(7)15-10/h1-4,6,9,16H,5H2,(H2,12,17)(H,14,15). The van der Waals surface area contributed by atoms with Crippen LogP contribution in [0.4, 0.5) is 5.82 Å². The lowest BCUT2D eigenvalue weighted by Crippen LogP contribution is -2.34. The Morgan fingerprint density at radius 1 is 1.41 bits per heavy atom. The maximum atomic E-state index is 10.6. The van der Waals surface area contributed by atoms with Crippen LogP contribution in [0.1, 0.15) is 0 Å². The first-order chi connectivity index (χ1) is 8.16. The van der Waals surface area contributed by atoms with Gasteiger partial charge in [-0.15, -0.1) is 0 Å². The average molecular weight is 232 g/mol. The highest BCUT2D eigenvalue weighted by molar-refractivity contribution is 5.79. The number of hydrogen-bond donors (Lipinski definition) is 3. The van der Waals surface area contributed by atoms with Gasteiger partial charge in [-0.1, -0.05) is 12.1 Å². The second-order valence-electron chi connectivity index (χ2n) is 3.54. The molecule has 0 radical (unpaired) electrons. The summed E-state index contributed by atoms with van der Waals surface area (Å²) in [6.07, 6.45) is 0.305. The molecule has 0 bridgehead atoms. The molecule has 2 rings (SSSR count). The number of rotatable bonds is 4. The number of hydrogen-bond acceptors (Lipinski definition) is 5. The van der Waals surface area contributed by atoms with Gasteiger partial charge in [0.15, 0.2) is 0 Å². The second kappa shape index (κ2) is 4.75. The number of benzene rings is 1. The Hall–Kier alpha value is -2.21. The molecule has 1 amide bonds. The molecule has 0 saturated heterocycles. The predicted molar refractivity (Wildman–Crippen MR) is 63.2 cm³/mol. The molecule has 6 nitrogen and oxygen atoms in total. The van der Waals surface area contributed by atoms with Gasteiger partial charge in [-0.25, -0.2) is 4.98 Å². The van der Waals surface area contributed by atoms with E-state index in [0.717, 1.165) is 11.0 Å². The molecule has 1 heterocycles. The molecule has 0 aliphatic carbocycles. The zero-order valence-electron chi connectivity index (χ0n) is 9.00. The Morgan fingerprint density at radius 2 is 2.12 bits per heavy atom. The molecule has 0 spiro atoms. The normalized spacial score (nSPS) is 12.3. The molecule has 1 aromatic carbocycles. The zero-order valence-corrected chi connectivity index (χ0v) is 9.00. The van der Waals surface area contributed by atoms with Gasteiger partial charge in [-0.2, -0.15) is 0 Å². The molecule has 1 atom stereocenters. The number of nitrogens with one attached hydrogen (secondary N) is 1. The summed E-state index contributed by atoms with van der Waals surface area (Å²) in [4.78, 5) is 19.1. The van der Waals surface area contributed by atoms with E-state index in [1.54, 1.807) is 0 Å². The van der Waals surface area contributed by atoms with Crippen LogP contribution in [0.15, 0.2) is 30.5 Å². The van der Waals surface area contributed by atoms with Crippen molar-refractivity contribution in [1.82, 2.24) is 9.97 Å². The second-order valence-corrected chi connectivity index (χ2v) is 3.54. The molecule has 1 aromatic heterocycles. The number of fused-ring (bicyclic) bond motifs is 1. The quantitative estimate of drug-likeness (QED) is 0.682. The Morgan fingerprint density at radius 3 is 2.82 bits per heavy atom. The number of nitrogens with zero attached hydrogens (tertiary/aromatic N) is 2. The molecule has 88 valence electrons. The third-order valence-electron chi connectivity index (χ3n) is 2.25. The fraction of sp³-hybridized carbons (Fsp3) is 0.182. The van der Waals surface area contributed by atoms with Crippen LogP contribution < -0.4 is 11.1 Å². The predicted octanol–water partition coefficient (Wildman–Crippen LogP) is -0.112. The van der Waals surface area contributed by atoms with Crippen molar-refractivity contribution < 1.29 is 9.90 Å². The smallest absolute Gasteiger partial charge is 0.248 e. The molecule has 0 fully saturated rings. The van der Waals surface area contributed by atoms with Gasteiger partial charge in [0, 0.05) is 0 Å². The van der Waals surface area contributed by atoms with Crippen LogP contribution in [0, 0.1) is 0 Å². The summed E-state index contributed by atoms with van der Waals surface area (Å²) in [6.45, 7) is 0.0162. The molecule has 6 heteroatoms. The lowest BCUT2D eigenvalue weighted by Gasteiger charge is -2.08. The van der Waals surface area contributed by atoms with Crippen LogP contribution in [-0.4, -0.2) is 33.6 Å². The molecule has 1 unspecified atom stereocenters. The minimum absolute atomic E-state index is 0.0162.